The zero-order valence-corrected chi connectivity index (χ0v) is 9.39. The van der Waals surface area contributed by atoms with Crippen molar-refractivity contribution in [2.45, 2.75) is 43.8 Å². The van der Waals surface area contributed by atoms with Gasteiger partial charge in [-0.1, -0.05) is 0 Å². The molecule has 3 atom stereocenters. The lowest BCUT2D eigenvalue weighted by Crippen LogP contribution is -2.52. The smallest absolute Gasteiger partial charge is 0.241 e. The van der Waals surface area contributed by atoms with Crippen LogP contribution in [0.5, 0.6) is 0 Å². The van der Waals surface area contributed by atoms with E-state index in [1.54, 1.807) is 4.90 Å². The Labute approximate surface area is 95.3 Å². The summed E-state index contributed by atoms with van der Waals surface area (Å²) in [5.74, 6) is -0.0750. The number of aldehydes is 1. The number of fused-ring (bicyclic) bond motifs is 1. The summed E-state index contributed by atoms with van der Waals surface area (Å²) in [4.78, 5) is 24.8. The van der Waals surface area contributed by atoms with Crippen LogP contribution in [0.25, 0.3) is 0 Å². The second-order valence-corrected chi connectivity index (χ2v) is 4.63. The van der Waals surface area contributed by atoms with E-state index in [9.17, 15) is 9.59 Å². The molecule has 0 aliphatic carbocycles. The lowest BCUT2D eigenvalue weighted by Gasteiger charge is -2.29. The first-order valence-electron chi connectivity index (χ1n) is 5.98. The van der Waals surface area contributed by atoms with Crippen LogP contribution in [0.4, 0.5) is 0 Å². The summed E-state index contributed by atoms with van der Waals surface area (Å²) < 4.78 is 0. The van der Waals surface area contributed by atoms with Crippen LogP contribution < -0.4 is 11.1 Å². The molecule has 2 fully saturated rings. The van der Waals surface area contributed by atoms with Crippen molar-refractivity contribution < 1.29 is 9.59 Å². The molecular formula is C11H19N3O2. The Morgan fingerprint density at radius 1 is 1.38 bits per heavy atom. The van der Waals surface area contributed by atoms with Gasteiger partial charge in [0.05, 0.1) is 12.1 Å². The standard InChI is InChI=1S/C11H19N3O2/c12-10-6-13-5-1-2-8-3-4-9(7-15)14(8)11(10)16/h7-10,13H,1-6,12H2/t8-,9-,10-/m0/s1. The van der Waals surface area contributed by atoms with Gasteiger partial charge >= 0.3 is 0 Å². The Bertz CT molecular complexity index is 282. The molecule has 2 heterocycles. The minimum atomic E-state index is -0.513. The van der Waals surface area contributed by atoms with Crippen LogP contribution in [0.1, 0.15) is 25.7 Å². The summed E-state index contributed by atoms with van der Waals surface area (Å²) >= 11 is 0. The van der Waals surface area contributed by atoms with E-state index in [4.69, 9.17) is 5.73 Å². The van der Waals surface area contributed by atoms with E-state index < -0.39 is 6.04 Å². The molecule has 1 amide bonds. The Morgan fingerprint density at radius 2 is 2.19 bits per heavy atom. The molecule has 3 N–H and O–H groups in total. The summed E-state index contributed by atoms with van der Waals surface area (Å²) in [6.07, 6.45) is 4.61. The molecule has 0 spiro atoms. The maximum atomic E-state index is 12.1. The van der Waals surface area contributed by atoms with Crippen molar-refractivity contribution in [1.82, 2.24) is 10.2 Å². The molecule has 0 saturated carbocycles. The summed E-state index contributed by atoms with van der Waals surface area (Å²) in [5.41, 5.74) is 5.82. The largest absolute Gasteiger partial charge is 0.329 e. The van der Waals surface area contributed by atoms with Crippen molar-refractivity contribution in [3.63, 3.8) is 0 Å². The maximum absolute atomic E-state index is 12.1. The summed E-state index contributed by atoms with van der Waals surface area (Å²) in [6, 6.07) is -0.545. The van der Waals surface area contributed by atoms with Crippen LogP contribution >= 0.6 is 0 Å². The minimum Gasteiger partial charge on any atom is -0.329 e. The van der Waals surface area contributed by atoms with Crippen LogP contribution in [-0.4, -0.2) is 48.3 Å². The van der Waals surface area contributed by atoms with E-state index in [2.05, 4.69) is 5.32 Å². The number of hydrogen-bond acceptors (Lipinski definition) is 4. The second kappa shape index (κ2) is 4.93. The first-order chi connectivity index (χ1) is 7.74. The lowest BCUT2D eigenvalue weighted by atomic mass is 10.1. The Morgan fingerprint density at radius 3 is 2.94 bits per heavy atom. The second-order valence-electron chi connectivity index (χ2n) is 4.63. The van der Waals surface area contributed by atoms with E-state index >= 15 is 0 Å². The fourth-order valence-corrected chi connectivity index (χ4v) is 2.67. The first-order valence-corrected chi connectivity index (χ1v) is 5.98. The van der Waals surface area contributed by atoms with Crippen molar-refractivity contribution in [3.05, 3.63) is 0 Å². The number of amides is 1. The molecule has 5 heteroatoms. The number of nitrogens with one attached hydrogen (secondary N) is 1. The van der Waals surface area contributed by atoms with Gasteiger partial charge in [-0.25, -0.2) is 0 Å². The van der Waals surface area contributed by atoms with Gasteiger partial charge in [0, 0.05) is 12.6 Å². The van der Waals surface area contributed by atoms with E-state index in [0.717, 1.165) is 38.5 Å². The highest BCUT2D eigenvalue weighted by molar-refractivity contribution is 5.85. The van der Waals surface area contributed by atoms with Crippen LogP contribution in [0, 0.1) is 0 Å². The van der Waals surface area contributed by atoms with Gasteiger partial charge in [0.25, 0.3) is 0 Å². The molecular weight excluding hydrogens is 206 g/mol. The lowest BCUT2D eigenvalue weighted by molar-refractivity contribution is -0.137. The van der Waals surface area contributed by atoms with Gasteiger partial charge in [0.1, 0.15) is 6.29 Å². The zero-order valence-electron chi connectivity index (χ0n) is 9.39. The minimum absolute atomic E-state index is 0.0750. The third-order valence-corrected chi connectivity index (χ3v) is 3.53. The highest BCUT2D eigenvalue weighted by atomic mass is 16.2. The van der Waals surface area contributed by atoms with Gasteiger partial charge < -0.3 is 20.7 Å². The average Bonchev–Trinajstić information content (AvgIpc) is 2.70. The molecule has 2 saturated heterocycles. The van der Waals surface area contributed by atoms with E-state index in [-0.39, 0.29) is 18.0 Å². The van der Waals surface area contributed by atoms with E-state index in [1.165, 1.54) is 0 Å². The Kier molecular flexibility index (Phi) is 3.56. The van der Waals surface area contributed by atoms with Crippen LogP contribution in [0.15, 0.2) is 0 Å². The van der Waals surface area contributed by atoms with Crippen molar-refractivity contribution in [2.75, 3.05) is 13.1 Å². The van der Waals surface area contributed by atoms with Crippen molar-refractivity contribution >= 4 is 12.2 Å². The monoisotopic (exact) mass is 225 g/mol. The topological polar surface area (TPSA) is 75.4 Å². The normalized spacial score (nSPS) is 36.2. The van der Waals surface area contributed by atoms with Crippen LogP contribution in [-0.2, 0) is 9.59 Å². The van der Waals surface area contributed by atoms with E-state index in [1.807, 2.05) is 0 Å². The van der Waals surface area contributed by atoms with Gasteiger partial charge in [-0.15, -0.1) is 0 Å². The van der Waals surface area contributed by atoms with Crippen molar-refractivity contribution in [2.24, 2.45) is 5.73 Å². The third-order valence-electron chi connectivity index (χ3n) is 3.53. The van der Waals surface area contributed by atoms with Gasteiger partial charge in [-0.05, 0) is 32.2 Å². The molecule has 0 radical (unpaired) electrons. The highest BCUT2D eigenvalue weighted by Crippen LogP contribution is 2.27. The molecule has 2 aliphatic heterocycles. The third kappa shape index (κ3) is 2.10. The van der Waals surface area contributed by atoms with Gasteiger partial charge in [0.15, 0.2) is 0 Å². The summed E-state index contributed by atoms with van der Waals surface area (Å²) in [6.45, 7) is 1.41. The number of nitrogens with zero attached hydrogens (tertiary/aromatic N) is 1. The fraction of sp³-hybridized carbons (Fsp3) is 0.818. The van der Waals surface area contributed by atoms with Crippen LogP contribution in [0.2, 0.25) is 0 Å². The van der Waals surface area contributed by atoms with E-state index in [0.29, 0.717) is 6.54 Å². The van der Waals surface area contributed by atoms with Gasteiger partial charge in [-0.2, -0.15) is 0 Å². The summed E-state index contributed by atoms with van der Waals surface area (Å²) in [5, 5.41) is 3.17. The molecule has 0 aromatic carbocycles. The summed E-state index contributed by atoms with van der Waals surface area (Å²) in [7, 11) is 0. The molecule has 0 bridgehead atoms. The molecule has 2 rings (SSSR count). The molecule has 0 unspecified atom stereocenters. The van der Waals surface area contributed by atoms with Crippen molar-refractivity contribution in [1.29, 1.82) is 0 Å². The molecule has 16 heavy (non-hydrogen) atoms. The molecule has 2 aliphatic rings. The fourth-order valence-electron chi connectivity index (χ4n) is 2.67. The number of hydrogen-bond donors (Lipinski definition) is 2. The first kappa shape index (κ1) is 11.5. The Balaban J connectivity index is 2.17. The molecule has 5 nitrogen and oxygen atoms in total. The predicted octanol–water partition coefficient (Wildman–Crippen LogP) is -0.744. The predicted molar refractivity (Wildman–Crippen MR) is 59.8 cm³/mol. The Hall–Kier alpha value is -0.940. The number of carbonyl (C=O) groups excluding carboxylic acids is 2. The average molecular weight is 225 g/mol. The molecule has 90 valence electrons. The van der Waals surface area contributed by atoms with Gasteiger partial charge in [0.2, 0.25) is 5.91 Å². The molecule has 0 aromatic rings. The number of rotatable bonds is 1. The van der Waals surface area contributed by atoms with Crippen molar-refractivity contribution in [3.8, 4) is 0 Å². The molecule has 0 aromatic heterocycles. The zero-order chi connectivity index (χ0) is 11.5. The van der Waals surface area contributed by atoms with Crippen LogP contribution in [0.3, 0.4) is 0 Å². The maximum Gasteiger partial charge on any atom is 0.241 e. The highest BCUT2D eigenvalue weighted by Gasteiger charge is 2.38. The quantitative estimate of drug-likeness (QED) is 0.576. The van der Waals surface area contributed by atoms with Gasteiger partial charge in [-0.3, -0.25) is 4.79 Å². The SMILES string of the molecule is N[C@H]1CNCCC[C@H]2CC[C@@H](C=O)N2C1=O. The number of nitrogens with two attached hydrogens (primary N) is 1. The number of carbonyl (C=O) groups is 2.